The summed E-state index contributed by atoms with van der Waals surface area (Å²) in [6.07, 6.45) is -12.6. The lowest BCUT2D eigenvalue weighted by atomic mass is 9.73. The zero-order valence-corrected chi connectivity index (χ0v) is 22.6. The number of hydrogen-bond donors (Lipinski definition) is 5. The van der Waals surface area contributed by atoms with Crippen LogP contribution in [0.4, 0.5) is 13.2 Å². The summed E-state index contributed by atoms with van der Waals surface area (Å²) in [4.78, 5) is 38.7. The maximum absolute atomic E-state index is 13.6. The minimum absolute atomic E-state index is 0.0277. The highest BCUT2D eigenvalue weighted by Crippen LogP contribution is 2.52. The fourth-order valence-electron chi connectivity index (χ4n) is 5.83. The number of amides is 1. The molecular weight excluding hydrogens is 581 g/mol. The summed E-state index contributed by atoms with van der Waals surface area (Å²) in [6, 6.07) is 4.40. The molecule has 1 saturated heterocycles. The predicted octanol–water partition coefficient (Wildman–Crippen LogP) is 1.68. The van der Waals surface area contributed by atoms with E-state index in [0.717, 1.165) is 0 Å². The molecule has 2 aromatic carbocycles. The van der Waals surface area contributed by atoms with Crippen molar-refractivity contribution in [3.8, 4) is 23.3 Å². The topological polar surface area (TPSA) is 196 Å². The second kappa shape index (κ2) is 10.5. The van der Waals surface area contributed by atoms with Crippen molar-refractivity contribution >= 4 is 17.5 Å². The molecule has 6 atom stereocenters. The fourth-order valence-corrected chi connectivity index (χ4v) is 5.83. The first-order valence-corrected chi connectivity index (χ1v) is 13.0. The number of aliphatic hydroxyl groups excluding tert-OH is 1. The first-order valence-electron chi connectivity index (χ1n) is 13.0. The smallest absolute Gasteiger partial charge is 0.471 e. The molecule has 15 heteroatoms. The SMILES string of the molecule is COc1cccc2c1C(=O)c1c(O)c3c(c(O)c1C2=O)C[C@](O)(C#N)C[C@@H]3O[C@@H]1C[C@H](NC(=O)C(F)(F)F)[C@@H](O)[C@@H](C)O1. The van der Waals surface area contributed by atoms with Crippen LogP contribution in [-0.2, 0) is 20.7 Å². The Labute approximate surface area is 241 Å². The number of alkyl halides is 3. The number of nitrogens with zero attached hydrogens (tertiary/aromatic N) is 1. The van der Waals surface area contributed by atoms with Gasteiger partial charge in [0, 0.05) is 36.0 Å². The monoisotopic (exact) mass is 606 g/mol. The second-order valence-electron chi connectivity index (χ2n) is 10.6. The van der Waals surface area contributed by atoms with Crippen LogP contribution in [0.15, 0.2) is 18.2 Å². The number of benzene rings is 2. The number of methoxy groups -OCH3 is 1. The highest BCUT2D eigenvalue weighted by Gasteiger charge is 2.49. The van der Waals surface area contributed by atoms with E-state index >= 15 is 0 Å². The summed E-state index contributed by atoms with van der Waals surface area (Å²) < 4.78 is 55.3. The molecule has 43 heavy (non-hydrogen) atoms. The van der Waals surface area contributed by atoms with Gasteiger partial charge >= 0.3 is 12.1 Å². The van der Waals surface area contributed by atoms with Gasteiger partial charge in [0.1, 0.15) is 23.4 Å². The summed E-state index contributed by atoms with van der Waals surface area (Å²) in [5, 5.41) is 55.5. The third kappa shape index (κ3) is 4.95. The van der Waals surface area contributed by atoms with Gasteiger partial charge in [-0.1, -0.05) is 12.1 Å². The Bertz CT molecular complexity index is 1590. The molecule has 5 N–H and O–H groups in total. The number of aromatic hydroxyl groups is 2. The standard InChI is InChI=1S/C28H25F3N2O10/c1-10-21(34)13(33-26(39)28(29,30)31)6-16(42-10)43-15-8-27(40,9-32)7-12-18(15)25(38)20-19(23(12)36)22(35)11-4-3-5-14(41-2)17(11)24(20)37/h3-5,10,13,15-16,21,34,36,38,40H,6-8H2,1-2H3,(H,33,39)/t10-,13+,15+,16-,21+,27-/m1/s1. The summed E-state index contributed by atoms with van der Waals surface area (Å²) in [6.45, 7) is 1.31. The fraction of sp³-hybridized carbons (Fsp3) is 0.429. The van der Waals surface area contributed by atoms with Crippen LogP contribution in [0.5, 0.6) is 17.2 Å². The van der Waals surface area contributed by atoms with Gasteiger partial charge in [-0.2, -0.15) is 18.4 Å². The number of nitrogens with one attached hydrogen (secondary N) is 1. The van der Waals surface area contributed by atoms with Crippen LogP contribution in [0.25, 0.3) is 0 Å². The zero-order chi connectivity index (χ0) is 31.6. The number of carbonyl (C=O) groups is 3. The van der Waals surface area contributed by atoms with Crippen LogP contribution in [0.2, 0.25) is 0 Å². The molecule has 3 aliphatic rings. The van der Waals surface area contributed by atoms with E-state index in [-0.39, 0.29) is 28.0 Å². The maximum atomic E-state index is 13.6. The number of carbonyl (C=O) groups excluding carboxylic acids is 3. The average Bonchev–Trinajstić information content (AvgIpc) is 2.94. The van der Waals surface area contributed by atoms with Gasteiger partial charge in [-0.15, -0.1) is 0 Å². The molecule has 2 aliphatic carbocycles. The van der Waals surface area contributed by atoms with Gasteiger partial charge in [0.25, 0.3) is 0 Å². The Hall–Kier alpha value is -4.23. The Balaban J connectivity index is 1.58. The van der Waals surface area contributed by atoms with Gasteiger partial charge in [-0.25, -0.2) is 0 Å². The van der Waals surface area contributed by atoms with Crippen molar-refractivity contribution in [3.05, 3.63) is 51.6 Å². The Kier molecular flexibility index (Phi) is 7.38. The lowest BCUT2D eigenvalue weighted by Crippen LogP contribution is -2.57. The van der Waals surface area contributed by atoms with Crippen molar-refractivity contribution in [2.45, 2.75) is 68.6 Å². The number of halogens is 3. The van der Waals surface area contributed by atoms with Crippen LogP contribution in [0.3, 0.4) is 0 Å². The molecule has 0 saturated carbocycles. The number of phenolic OH excluding ortho intramolecular Hbond substituents is 2. The van der Waals surface area contributed by atoms with Crippen LogP contribution in [-0.4, -0.2) is 81.3 Å². The van der Waals surface area contributed by atoms with E-state index < -0.39 is 102 Å². The van der Waals surface area contributed by atoms with E-state index in [1.807, 2.05) is 0 Å². The second-order valence-corrected chi connectivity index (χ2v) is 10.6. The summed E-state index contributed by atoms with van der Waals surface area (Å²) in [5.41, 5.74) is -4.14. The van der Waals surface area contributed by atoms with Crippen molar-refractivity contribution in [1.82, 2.24) is 5.32 Å². The molecule has 228 valence electrons. The number of fused-ring (bicyclic) bond motifs is 3. The molecule has 0 spiro atoms. The van der Waals surface area contributed by atoms with Crippen molar-refractivity contribution < 1.29 is 62.2 Å². The Morgan fingerprint density at radius 2 is 1.84 bits per heavy atom. The third-order valence-corrected chi connectivity index (χ3v) is 7.88. The third-order valence-electron chi connectivity index (χ3n) is 7.88. The normalized spacial score (nSPS) is 28.3. The number of phenols is 2. The van der Waals surface area contributed by atoms with Crippen molar-refractivity contribution in [1.29, 1.82) is 5.26 Å². The number of aliphatic hydroxyl groups is 2. The van der Waals surface area contributed by atoms with E-state index in [9.17, 15) is 53.2 Å². The molecular formula is C28H25F3N2O10. The van der Waals surface area contributed by atoms with Crippen LogP contribution in [0, 0.1) is 11.3 Å². The van der Waals surface area contributed by atoms with Gasteiger partial charge in [-0.05, 0) is 13.0 Å². The molecule has 1 aliphatic heterocycles. The van der Waals surface area contributed by atoms with Gasteiger partial charge < -0.3 is 40.0 Å². The van der Waals surface area contributed by atoms with E-state index in [1.165, 1.54) is 32.2 Å². The van der Waals surface area contributed by atoms with E-state index in [1.54, 1.807) is 11.4 Å². The number of ketones is 2. The largest absolute Gasteiger partial charge is 0.507 e. The minimum atomic E-state index is -5.24. The molecule has 12 nitrogen and oxygen atoms in total. The van der Waals surface area contributed by atoms with Crippen LogP contribution >= 0.6 is 0 Å². The van der Waals surface area contributed by atoms with Crippen molar-refractivity contribution in [2.24, 2.45) is 0 Å². The average molecular weight is 607 g/mol. The Morgan fingerprint density at radius 1 is 1.16 bits per heavy atom. The van der Waals surface area contributed by atoms with Crippen molar-refractivity contribution in [3.63, 3.8) is 0 Å². The van der Waals surface area contributed by atoms with Crippen molar-refractivity contribution in [2.75, 3.05) is 7.11 Å². The molecule has 0 unspecified atom stereocenters. The Morgan fingerprint density at radius 3 is 2.47 bits per heavy atom. The molecule has 0 aromatic heterocycles. The number of nitriles is 1. The highest BCUT2D eigenvalue weighted by molar-refractivity contribution is 6.31. The highest BCUT2D eigenvalue weighted by atomic mass is 19.4. The maximum Gasteiger partial charge on any atom is 0.471 e. The van der Waals surface area contributed by atoms with Gasteiger partial charge in [0.05, 0.1) is 48.1 Å². The number of rotatable bonds is 4. The molecule has 5 rings (SSSR count). The predicted molar refractivity (Wildman–Crippen MR) is 135 cm³/mol. The molecule has 1 heterocycles. The lowest BCUT2D eigenvalue weighted by molar-refractivity contribution is -0.249. The van der Waals surface area contributed by atoms with Gasteiger partial charge in [-0.3, -0.25) is 14.4 Å². The zero-order valence-electron chi connectivity index (χ0n) is 22.6. The molecule has 1 amide bonds. The quantitative estimate of drug-likeness (QED) is 0.214. The van der Waals surface area contributed by atoms with Gasteiger partial charge in [0.2, 0.25) is 5.78 Å². The van der Waals surface area contributed by atoms with Gasteiger partial charge in [0.15, 0.2) is 17.7 Å². The van der Waals surface area contributed by atoms with E-state index in [2.05, 4.69) is 0 Å². The lowest BCUT2D eigenvalue weighted by Gasteiger charge is -2.42. The first-order chi connectivity index (χ1) is 20.1. The minimum Gasteiger partial charge on any atom is -0.507 e. The van der Waals surface area contributed by atoms with E-state index in [0.29, 0.717) is 0 Å². The van der Waals surface area contributed by atoms with Crippen LogP contribution in [0.1, 0.15) is 68.8 Å². The molecule has 0 bridgehead atoms. The molecule has 0 radical (unpaired) electrons. The molecule has 1 fully saturated rings. The number of hydrogen-bond acceptors (Lipinski definition) is 11. The number of ether oxygens (including phenoxy) is 3. The molecule has 2 aromatic rings. The first kappa shape index (κ1) is 30.2. The summed E-state index contributed by atoms with van der Waals surface area (Å²) >= 11 is 0. The van der Waals surface area contributed by atoms with Crippen LogP contribution < -0.4 is 10.1 Å². The summed E-state index contributed by atoms with van der Waals surface area (Å²) in [5.74, 6) is -5.53. The summed E-state index contributed by atoms with van der Waals surface area (Å²) in [7, 11) is 1.27. The van der Waals surface area contributed by atoms with E-state index in [4.69, 9.17) is 14.2 Å².